The van der Waals surface area contributed by atoms with Gasteiger partial charge in [-0.05, 0) is 34.1 Å². The first-order chi connectivity index (χ1) is 9.95. The molecule has 0 saturated carbocycles. The molecule has 0 spiro atoms. The zero-order chi connectivity index (χ0) is 15.0. The molecule has 0 amide bonds. The molecule has 3 aromatic rings. The highest BCUT2D eigenvalue weighted by molar-refractivity contribution is 9.10. The first-order valence-corrected chi connectivity index (χ1v) is 9.55. The lowest BCUT2D eigenvalue weighted by atomic mass is 10.3. The van der Waals surface area contributed by atoms with E-state index in [1.54, 1.807) is 24.3 Å². The molecule has 0 fully saturated rings. The molecule has 108 valence electrons. The third-order valence-corrected chi connectivity index (χ3v) is 6.65. The summed E-state index contributed by atoms with van der Waals surface area (Å²) >= 11 is 8.90. The molecule has 1 aromatic carbocycles. The van der Waals surface area contributed by atoms with Crippen molar-refractivity contribution in [3.05, 3.63) is 46.2 Å². The second kappa shape index (κ2) is 5.60. The molecule has 2 heterocycles. The van der Waals surface area contributed by atoms with E-state index < -0.39 is 8.87 Å². The maximum absolute atomic E-state index is 12.3. The molecule has 5 nitrogen and oxygen atoms in total. The maximum atomic E-state index is 12.3. The minimum absolute atomic E-state index is 0.0195. The van der Waals surface area contributed by atoms with E-state index in [4.69, 9.17) is 16.0 Å². The summed E-state index contributed by atoms with van der Waals surface area (Å²) in [5, 5.41) is 0.253. The van der Waals surface area contributed by atoms with Gasteiger partial charge in [-0.3, -0.25) is 0 Å². The average molecular weight is 406 g/mol. The van der Waals surface area contributed by atoms with Crippen molar-refractivity contribution >= 4 is 58.3 Å². The van der Waals surface area contributed by atoms with Crippen LogP contribution in [0.5, 0.6) is 0 Å². The van der Waals surface area contributed by atoms with Gasteiger partial charge in [-0.25, -0.2) is 18.4 Å². The largest absolute Gasteiger partial charge is 0.431 e. The molecule has 0 radical (unpaired) electrons. The Balaban J connectivity index is 1.96. The van der Waals surface area contributed by atoms with E-state index in [1.807, 2.05) is 0 Å². The van der Waals surface area contributed by atoms with Crippen molar-refractivity contribution in [3.63, 3.8) is 0 Å². The van der Waals surface area contributed by atoms with Gasteiger partial charge in [0, 0.05) is 6.20 Å². The van der Waals surface area contributed by atoms with Crippen LogP contribution in [0.25, 0.3) is 11.1 Å². The van der Waals surface area contributed by atoms with Crippen molar-refractivity contribution in [2.75, 3.05) is 0 Å². The number of benzene rings is 1. The Kier molecular flexibility index (Phi) is 3.96. The molecule has 9 heteroatoms. The molecule has 2 aromatic heterocycles. The average Bonchev–Trinajstić information content (AvgIpc) is 2.82. The van der Waals surface area contributed by atoms with Gasteiger partial charge in [0.05, 0.1) is 20.2 Å². The first-order valence-electron chi connectivity index (χ1n) is 5.57. The minimum atomic E-state index is -3.69. The van der Waals surface area contributed by atoms with Gasteiger partial charge in [0.1, 0.15) is 10.7 Å². The second-order valence-corrected chi connectivity index (χ2v) is 8.85. The van der Waals surface area contributed by atoms with Crippen molar-refractivity contribution in [2.45, 2.75) is 10.1 Å². The molecule has 0 aliphatic rings. The topological polar surface area (TPSA) is 73.1 Å². The monoisotopic (exact) mass is 404 g/mol. The smallest absolute Gasteiger partial charge is 0.272 e. The van der Waals surface area contributed by atoms with Crippen LogP contribution in [0.15, 0.2) is 55.5 Å². The fourth-order valence-electron chi connectivity index (χ4n) is 1.57. The van der Waals surface area contributed by atoms with E-state index in [2.05, 4.69) is 25.9 Å². The molecule has 0 atom stereocenters. The van der Waals surface area contributed by atoms with Crippen LogP contribution in [0.4, 0.5) is 0 Å². The van der Waals surface area contributed by atoms with E-state index in [0.717, 1.165) is 0 Å². The first kappa shape index (κ1) is 14.8. The predicted molar refractivity (Wildman–Crippen MR) is 84.0 cm³/mol. The normalized spacial score (nSPS) is 11.9. The van der Waals surface area contributed by atoms with Crippen LogP contribution in [-0.4, -0.2) is 18.4 Å². The molecule has 3 rings (SSSR count). The highest BCUT2D eigenvalue weighted by atomic mass is 79.9. The number of hydrogen-bond acceptors (Lipinski definition) is 6. The van der Waals surface area contributed by atoms with Crippen molar-refractivity contribution in [1.29, 1.82) is 0 Å². The zero-order valence-corrected chi connectivity index (χ0v) is 14.1. The van der Waals surface area contributed by atoms with Crippen LogP contribution in [0, 0.1) is 0 Å². The van der Waals surface area contributed by atoms with Gasteiger partial charge in [0.25, 0.3) is 5.22 Å². The highest BCUT2D eigenvalue weighted by Gasteiger charge is 2.22. The summed E-state index contributed by atoms with van der Waals surface area (Å²) in [6.45, 7) is 0. The molecule has 0 aliphatic carbocycles. The van der Waals surface area contributed by atoms with Gasteiger partial charge >= 0.3 is 0 Å². The number of fused-ring (bicyclic) bond motifs is 1. The van der Waals surface area contributed by atoms with Crippen molar-refractivity contribution in [2.24, 2.45) is 0 Å². The Morgan fingerprint density at radius 2 is 2.05 bits per heavy atom. The fraction of sp³-hybridized carbons (Fsp3) is 0. The summed E-state index contributed by atoms with van der Waals surface area (Å²) in [5.41, 5.74) is 1.14. The highest BCUT2D eigenvalue weighted by Crippen LogP contribution is 2.33. The number of rotatable bonds is 3. The maximum Gasteiger partial charge on any atom is 0.272 e. The summed E-state index contributed by atoms with van der Waals surface area (Å²) in [6, 6.07) is 8.44. The lowest BCUT2D eigenvalue weighted by Crippen LogP contribution is -1.96. The summed E-state index contributed by atoms with van der Waals surface area (Å²) in [7, 11) is -3.16. The van der Waals surface area contributed by atoms with Gasteiger partial charge < -0.3 is 4.42 Å². The quantitative estimate of drug-likeness (QED) is 0.482. The zero-order valence-electron chi connectivity index (χ0n) is 10.2. The van der Waals surface area contributed by atoms with Crippen LogP contribution in [0.1, 0.15) is 0 Å². The summed E-state index contributed by atoms with van der Waals surface area (Å²) in [6.07, 6.45) is 1.19. The van der Waals surface area contributed by atoms with E-state index in [0.29, 0.717) is 26.4 Å². The summed E-state index contributed by atoms with van der Waals surface area (Å²) < 4.78 is 30.4. The molecule has 0 N–H and O–H groups in total. The van der Waals surface area contributed by atoms with Crippen LogP contribution >= 0.6 is 38.3 Å². The van der Waals surface area contributed by atoms with Crippen molar-refractivity contribution in [3.8, 4) is 0 Å². The van der Waals surface area contributed by atoms with Crippen LogP contribution in [0.3, 0.4) is 0 Å². The second-order valence-electron chi connectivity index (χ2n) is 3.93. The molecule has 0 bridgehead atoms. The SMILES string of the molecule is O=S(=O)(Sc1nc2ccccc2o1)c1cnc(Cl)c(Br)c1. The Hall–Kier alpha value is -1.09. The molecule has 0 saturated heterocycles. The Morgan fingerprint density at radius 3 is 2.76 bits per heavy atom. The number of oxazole rings is 1. The minimum Gasteiger partial charge on any atom is -0.431 e. The Morgan fingerprint density at radius 1 is 1.29 bits per heavy atom. The lowest BCUT2D eigenvalue weighted by Gasteiger charge is -2.01. The molecular weight excluding hydrogens is 400 g/mol. The molecule has 0 aliphatic heterocycles. The lowest BCUT2D eigenvalue weighted by molar-refractivity contribution is 0.490. The van der Waals surface area contributed by atoms with Crippen molar-refractivity contribution < 1.29 is 12.8 Å². The molecule has 21 heavy (non-hydrogen) atoms. The van der Waals surface area contributed by atoms with Gasteiger partial charge in [-0.15, -0.1) is 0 Å². The molecule has 0 unspecified atom stereocenters. The summed E-state index contributed by atoms with van der Waals surface area (Å²) in [4.78, 5) is 7.95. The van der Waals surface area contributed by atoms with Gasteiger partial charge in [0.2, 0.25) is 8.87 Å². The van der Waals surface area contributed by atoms with E-state index in [9.17, 15) is 8.42 Å². The number of nitrogens with zero attached hydrogens (tertiary/aromatic N) is 2. The van der Waals surface area contributed by atoms with Gasteiger partial charge in [-0.1, -0.05) is 23.7 Å². The standard InChI is InChI=1S/C12H6BrClN2O3S2/c13-8-5-7(6-15-11(8)14)21(17,18)20-12-16-9-3-1-2-4-10(9)19-12/h1-6H. The Bertz CT molecular complexity index is 894. The third kappa shape index (κ3) is 3.08. The van der Waals surface area contributed by atoms with Crippen LogP contribution < -0.4 is 0 Å². The third-order valence-electron chi connectivity index (χ3n) is 2.52. The number of aromatic nitrogens is 2. The van der Waals surface area contributed by atoms with E-state index in [-0.39, 0.29) is 15.3 Å². The van der Waals surface area contributed by atoms with Crippen LogP contribution in [-0.2, 0) is 8.87 Å². The predicted octanol–water partition coefficient (Wildman–Crippen LogP) is 4.12. The fourth-order valence-corrected chi connectivity index (χ4v) is 4.50. The molecular formula is C12H6BrClN2O3S2. The van der Waals surface area contributed by atoms with Gasteiger partial charge in [0.15, 0.2) is 5.58 Å². The van der Waals surface area contributed by atoms with Crippen LogP contribution in [0.2, 0.25) is 5.15 Å². The number of hydrogen-bond donors (Lipinski definition) is 0. The number of para-hydroxylation sites is 2. The van der Waals surface area contributed by atoms with Gasteiger partial charge in [-0.2, -0.15) is 0 Å². The van der Waals surface area contributed by atoms with E-state index in [1.165, 1.54) is 12.3 Å². The number of pyridine rings is 1. The Labute approximate surface area is 137 Å². The van der Waals surface area contributed by atoms with Crippen molar-refractivity contribution in [1.82, 2.24) is 9.97 Å². The summed E-state index contributed by atoms with van der Waals surface area (Å²) in [5.74, 6) is 0. The number of halogens is 2. The van der Waals surface area contributed by atoms with E-state index >= 15 is 0 Å².